The summed E-state index contributed by atoms with van der Waals surface area (Å²) in [7, 11) is 1.30. The Morgan fingerprint density at radius 2 is 1.94 bits per heavy atom. The molecule has 3 heterocycles. The molecular weight excluding hydrogens is 436 g/mol. The molecule has 0 N–H and O–H groups in total. The maximum atomic E-state index is 13.3. The fourth-order valence-corrected chi connectivity index (χ4v) is 5.16. The minimum Gasteiger partial charge on any atom is -0.466 e. The van der Waals surface area contributed by atoms with Crippen LogP contribution >= 0.6 is 22.7 Å². The maximum absolute atomic E-state index is 13.3. The van der Waals surface area contributed by atoms with Gasteiger partial charge in [0.25, 0.3) is 5.56 Å². The predicted molar refractivity (Wildman–Crippen MR) is 118 cm³/mol. The molecule has 9 heteroatoms. The van der Waals surface area contributed by atoms with Gasteiger partial charge in [-0.15, -0.1) is 11.3 Å². The molecule has 0 amide bonds. The highest BCUT2D eigenvalue weighted by Crippen LogP contribution is 2.31. The summed E-state index contributed by atoms with van der Waals surface area (Å²) >= 11 is 2.81. The Kier molecular flexibility index (Phi) is 5.71. The van der Waals surface area contributed by atoms with Crippen LogP contribution in [0.2, 0.25) is 0 Å². The van der Waals surface area contributed by atoms with Crippen molar-refractivity contribution in [2.45, 2.75) is 19.9 Å². The molecular formula is C22H18N2O5S2. The normalized spacial score (nSPS) is 16.0. The summed E-state index contributed by atoms with van der Waals surface area (Å²) in [6.07, 6.45) is 1.83. The number of carbonyl (C=O) groups excluding carboxylic acids is 2. The number of esters is 2. The number of allylic oxidation sites excluding steroid dienone is 1. The Morgan fingerprint density at radius 3 is 2.55 bits per heavy atom. The zero-order valence-corrected chi connectivity index (χ0v) is 18.6. The molecule has 158 valence electrons. The van der Waals surface area contributed by atoms with Gasteiger partial charge in [0.1, 0.15) is 5.75 Å². The van der Waals surface area contributed by atoms with Crippen molar-refractivity contribution in [3.63, 3.8) is 0 Å². The minimum absolute atomic E-state index is 0.236. The zero-order chi connectivity index (χ0) is 22.1. The van der Waals surface area contributed by atoms with E-state index >= 15 is 0 Å². The lowest BCUT2D eigenvalue weighted by Crippen LogP contribution is -2.39. The third-order valence-corrected chi connectivity index (χ3v) is 6.50. The van der Waals surface area contributed by atoms with Crippen molar-refractivity contribution in [3.05, 3.63) is 83.2 Å². The lowest BCUT2D eigenvalue weighted by atomic mass is 9.96. The fourth-order valence-electron chi connectivity index (χ4n) is 3.39. The first-order valence-corrected chi connectivity index (χ1v) is 11.0. The summed E-state index contributed by atoms with van der Waals surface area (Å²) in [6.45, 7) is 3.05. The molecule has 0 bridgehead atoms. The first kappa shape index (κ1) is 21.0. The zero-order valence-electron chi connectivity index (χ0n) is 16.9. The Labute approximate surface area is 185 Å². The highest BCUT2D eigenvalue weighted by atomic mass is 32.1. The molecule has 3 aromatic rings. The summed E-state index contributed by atoms with van der Waals surface area (Å²) in [5.74, 6) is -0.607. The number of rotatable bonds is 4. The van der Waals surface area contributed by atoms with Crippen LogP contribution < -0.4 is 19.6 Å². The number of methoxy groups -OCH3 is 1. The fraction of sp³-hybridized carbons (Fsp3) is 0.182. The van der Waals surface area contributed by atoms with Gasteiger partial charge in [0.15, 0.2) is 4.80 Å². The van der Waals surface area contributed by atoms with Crippen LogP contribution in [0.1, 0.15) is 30.3 Å². The van der Waals surface area contributed by atoms with Crippen LogP contribution in [0.5, 0.6) is 5.75 Å². The van der Waals surface area contributed by atoms with Gasteiger partial charge in [-0.1, -0.05) is 29.5 Å². The van der Waals surface area contributed by atoms with Crippen LogP contribution in [-0.4, -0.2) is 23.6 Å². The SMILES string of the molecule is COC(=O)C1=C(C)N=c2sc(=Cc3cccs3)c(=O)n2C1c1ccc(OC(C)=O)cc1. The van der Waals surface area contributed by atoms with Gasteiger partial charge in [0.2, 0.25) is 0 Å². The number of hydrogen-bond donors (Lipinski definition) is 0. The van der Waals surface area contributed by atoms with Gasteiger partial charge in [0, 0.05) is 11.8 Å². The van der Waals surface area contributed by atoms with Gasteiger partial charge in [-0.2, -0.15) is 0 Å². The first-order valence-electron chi connectivity index (χ1n) is 9.32. The second-order valence-electron chi connectivity index (χ2n) is 6.75. The number of thiazole rings is 1. The molecule has 0 spiro atoms. The molecule has 0 saturated heterocycles. The Hall–Kier alpha value is -3.30. The van der Waals surface area contributed by atoms with Gasteiger partial charge in [-0.25, -0.2) is 9.79 Å². The van der Waals surface area contributed by atoms with Gasteiger partial charge in [-0.3, -0.25) is 14.2 Å². The van der Waals surface area contributed by atoms with Gasteiger partial charge in [-0.05, 0) is 42.1 Å². The average Bonchev–Trinajstić information content (AvgIpc) is 3.35. The van der Waals surface area contributed by atoms with E-state index in [2.05, 4.69) is 4.99 Å². The number of carbonyl (C=O) groups is 2. The summed E-state index contributed by atoms with van der Waals surface area (Å²) in [4.78, 5) is 43.2. The number of ether oxygens (including phenoxy) is 2. The van der Waals surface area contributed by atoms with Crippen molar-refractivity contribution in [2.24, 2.45) is 4.99 Å². The van der Waals surface area contributed by atoms with E-state index in [1.807, 2.05) is 23.6 Å². The Balaban J connectivity index is 1.91. The minimum atomic E-state index is -0.708. The predicted octanol–water partition coefficient (Wildman–Crippen LogP) is 2.40. The quantitative estimate of drug-likeness (QED) is 0.446. The van der Waals surface area contributed by atoms with Crippen molar-refractivity contribution < 1.29 is 19.1 Å². The Morgan fingerprint density at radius 1 is 1.19 bits per heavy atom. The van der Waals surface area contributed by atoms with Gasteiger partial charge < -0.3 is 9.47 Å². The summed E-state index contributed by atoms with van der Waals surface area (Å²) in [5, 5.41) is 1.94. The van der Waals surface area contributed by atoms with E-state index in [9.17, 15) is 14.4 Å². The van der Waals surface area contributed by atoms with Gasteiger partial charge in [0.05, 0.1) is 29.0 Å². The lowest BCUT2D eigenvalue weighted by molar-refractivity contribution is -0.136. The van der Waals surface area contributed by atoms with E-state index in [0.29, 0.717) is 26.3 Å². The summed E-state index contributed by atoms with van der Waals surface area (Å²) in [6, 6.07) is 9.84. The van der Waals surface area contributed by atoms with Crippen LogP contribution in [0.4, 0.5) is 0 Å². The van der Waals surface area contributed by atoms with Crippen molar-refractivity contribution in [1.82, 2.24) is 4.57 Å². The summed E-state index contributed by atoms with van der Waals surface area (Å²) < 4.78 is 12.1. The molecule has 0 saturated carbocycles. The van der Waals surface area contributed by atoms with E-state index in [1.165, 1.54) is 41.3 Å². The molecule has 1 aliphatic rings. The molecule has 1 aromatic carbocycles. The number of aromatic nitrogens is 1. The highest BCUT2D eigenvalue weighted by molar-refractivity contribution is 7.11. The smallest absolute Gasteiger partial charge is 0.338 e. The molecule has 4 rings (SSSR count). The molecule has 7 nitrogen and oxygen atoms in total. The molecule has 2 aromatic heterocycles. The van der Waals surface area contributed by atoms with Crippen LogP contribution in [0, 0.1) is 0 Å². The Bertz CT molecular complexity index is 1360. The largest absolute Gasteiger partial charge is 0.466 e. The third-order valence-electron chi connectivity index (χ3n) is 4.70. The molecule has 1 unspecified atom stereocenters. The molecule has 0 fully saturated rings. The number of fused-ring (bicyclic) bond motifs is 1. The number of benzene rings is 1. The monoisotopic (exact) mass is 454 g/mol. The van der Waals surface area contributed by atoms with E-state index in [0.717, 1.165) is 4.88 Å². The average molecular weight is 455 g/mol. The molecule has 1 aliphatic heterocycles. The number of nitrogens with zero attached hydrogens (tertiary/aromatic N) is 2. The van der Waals surface area contributed by atoms with E-state index in [-0.39, 0.29) is 11.1 Å². The lowest BCUT2D eigenvalue weighted by Gasteiger charge is -2.24. The second kappa shape index (κ2) is 8.44. The van der Waals surface area contributed by atoms with Crippen LogP contribution in [-0.2, 0) is 14.3 Å². The molecule has 31 heavy (non-hydrogen) atoms. The van der Waals surface area contributed by atoms with Crippen LogP contribution in [0.25, 0.3) is 6.08 Å². The van der Waals surface area contributed by atoms with E-state index in [4.69, 9.17) is 9.47 Å². The van der Waals surface area contributed by atoms with Crippen molar-refractivity contribution in [1.29, 1.82) is 0 Å². The van der Waals surface area contributed by atoms with E-state index < -0.39 is 18.0 Å². The van der Waals surface area contributed by atoms with Crippen molar-refractivity contribution in [2.75, 3.05) is 7.11 Å². The first-order chi connectivity index (χ1) is 14.9. The van der Waals surface area contributed by atoms with Crippen molar-refractivity contribution in [3.8, 4) is 5.75 Å². The topological polar surface area (TPSA) is 87.0 Å². The van der Waals surface area contributed by atoms with Crippen molar-refractivity contribution >= 4 is 40.7 Å². The summed E-state index contributed by atoms with van der Waals surface area (Å²) in [5.41, 5.74) is 1.22. The molecule has 0 radical (unpaired) electrons. The van der Waals surface area contributed by atoms with E-state index in [1.54, 1.807) is 31.2 Å². The maximum Gasteiger partial charge on any atom is 0.338 e. The third kappa shape index (κ3) is 4.01. The van der Waals surface area contributed by atoms with Crippen LogP contribution in [0.3, 0.4) is 0 Å². The molecule has 0 aliphatic carbocycles. The standard InChI is InChI=1S/C22H18N2O5S2/c1-12-18(21(27)28-3)19(14-6-8-15(9-7-14)29-13(2)25)24-20(26)17(31-22(24)23-12)11-16-5-4-10-30-16/h4-11,19H,1-3H3. The molecule has 1 atom stereocenters. The van der Waals surface area contributed by atoms with Crippen LogP contribution in [0.15, 0.2) is 62.8 Å². The number of hydrogen-bond acceptors (Lipinski definition) is 8. The highest BCUT2D eigenvalue weighted by Gasteiger charge is 2.33. The second-order valence-corrected chi connectivity index (χ2v) is 8.74. The van der Waals surface area contributed by atoms with Gasteiger partial charge >= 0.3 is 11.9 Å². The number of thiophene rings is 1.